The first-order valence-corrected chi connectivity index (χ1v) is 7.17. The van der Waals surface area contributed by atoms with Gasteiger partial charge in [0.15, 0.2) is 0 Å². The van der Waals surface area contributed by atoms with Crippen LogP contribution in [0.15, 0.2) is 0 Å². The molecule has 88 valence electrons. The van der Waals surface area contributed by atoms with Gasteiger partial charge in [-0.1, -0.05) is 39.0 Å². The fraction of sp³-hybridized carbons (Fsp3) is 1.00. The molecule has 1 nitrogen and oxygen atoms in total. The van der Waals surface area contributed by atoms with Gasteiger partial charge >= 0.3 is 0 Å². The first-order valence-electron chi connectivity index (χ1n) is 7.17. The summed E-state index contributed by atoms with van der Waals surface area (Å²) in [5, 5.41) is 0. The number of rotatable bonds is 5. The van der Waals surface area contributed by atoms with Crippen molar-refractivity contribution in [3.63, 3.8) is 0 Å². The highest BCUT2D eigenvalue weighted by Crippen LogP contribution is 2.31. The summed E-state index contributed by atoms with van der Waals surface area (Å²) in [6.07, 6.45) is 14.7. The van der Waals surface area contributed by atoms with Crippen molar-refractivity contribution in [1.82, 2.24) is 4.90 Å². The largest absolute Gasteiger partial charge is 0.297 e. The van der Waals surface area contributed by atoms with Crippen molar-refractivity contribution in [2.24, 2.45) is 0 Å². The third-order valence-electron chi connectivity index (χ3n) is 4.36. The summed E-state index contributed by atoms with van der Waals surface area (Å²) < 4.78 is 0. The molecule has 0 N–H and O–H groups in total. The van der Waals surface area contributed by atoms with E-state index in [4.69, 9.17) is 0 Å². The Labute approximate surface area is 95.2 Å². The Morgan fingerprint density at radius 1 is 0.867 bits per heavy atom. The maximum Gasteiger partial charge on any atom is 0.00981 e. The first-order chi connectivity index (χ1) is 7.42. The lowest BCUT2D eigenvalue weighted by atomic mass is 10.1. The summed E-state index contributed by atoms with van der Waals surface area (Å²) in [7, 11) is 0. The van der Waals surface area contributed by atoms with Gasteiger partial charge in [0, 0.05) is 12.1 Å². The van der Waals surface area contributed by atoms with E-state index in [1.54, 1.807) is 0 Å². The maximum atomic E-state index is 2.89. The molecule has 0 saturated heterocycles. The number of nitrogens with zero attached hydrogens (tertiary/aromatic N) is 1. The van der Waals surface area contributed by atoms with E-state index in [1.165, 1.54) is 70.8 Å². The molecule has 2 saturated carbocycles. The minimum absolute atomic E-state index is 0.958. The summed E-state index contributed by atoms with van der Waals surface area (Å²) in [5.74, 6) is 0. The van der Waals surface area contributed by atoms with Gasteiger partial charge in [-0.2, -0.15) is 0 Å². The molecule has 2 aliphatic rings. The summed E-state index contributed by atoms with van der Waals surface area (Å²) in [6.45, 7) is 3.70. The van der Waals surface area contributed by atoms with Crippen molar-refractivity contribution in [2.45, 2.75) is 83.2 Å². The molecule has 0 radical (unpaired) electrons. The van der Waals surface area contributed by atoms with Crippen molar-refractivity contribution in [1.29, 1.82) is 0 Å². The smallest absolute Gasteiger partial charge is 0.00981 e. The van der Waals surface area contributed by atoms with Crippen LogP contribution in [-0.2, 0) is 0 Å². The van der Waals surface area contributed by atoms with Crippen molar-refractivity contribution in [3.8, 4) is 0 Å². The van der Waals surface area contributed by atoms with E-state index in [9.17, 15) is 0 Å². The fourth-order valence-corrected chi connectivity index (χ4v) is 3.48. The Kier molecular flexibility index (Phi) is 4.49. The normalized spacial score (nSPS) is 24.4. The zero-order valence-corrected chi connectivity index (χ0v) is 10.4. The van der Waals surface area contributed by atoms with Gasteiger partial charge in [-0.05, 0) is 38.6 Å². The fourth-order valence-electron chi connectivity index (χ4n) is 3.48. The molecule has 0 heterocycles. The Morgan fingerprint density at radius 3 is 1.73 bits per heavy atom. The van der Waals surface area contributed by atoms with Crippen LogP contribution in [0.5, 0.6) is 0 Å². The molecule has 2 rings (SSSR count). The second-order valence-corrected chi connectivity index (χ2v) is 5.47. The lowest BCUT2D eigenvalue weighted by Crippen LogP contribution is -2.41. The Morgan fingerprint density at radius 2 is 1.33 bits per heavy atom. The van der Waals surface area contributed by atoms with Crippen LogP contribution < -0.4 is 0 Å². The molecule has 0 aromatic rings. The van der Waals surface area contributed by atoms with Gasteiger partial charge < -0.3 is 0 Å². The van der Waals surface area contributed by atoms with Crippen molar-refractivity contribution < 1.29 is 0 Å². The van der Waals surface area contributed by atoms with Crippen LogP contribution >= 0.6 is 0 Å². The van der Waals surface area contributed by atoms with E-state index < -0.39 is 0 Å². The molecule has 0 bridgehead atoms. The summed E-state index contributed by atoms with van der Waals surface area (Å²) >= 11 is 0. The molecule has 2 fully saturated rings. The van der Waals surface area contributed by atoms with Gasteiger partial charge in [0.05, 0.1) is 0 Å². The molecule has 0 unspecified atom stereocenters. The van der Waals surface area contributed by atoms with Crippen LogP contribution in [0.1, 0.15) is 71.1 Å². The standard InChI is InChI=1S/C14H27N/c1-2-3-12-15(13-8-4-5-9-13)14-10-6-7-11-14/h13-14H,2-12H2,1H3. The third-order valence-corrected chi connectivity index (χ3v) is 4.36. The Hall–Kier alpha value is -0.0400. The van der Waals surface area contributed by atoms with E-state index in [0.29, 0.717) is 0 Å². The minimum atomic E-state index is 0.958. The molecular weight excluding hydrogens is 182 g/mol. The first kappa shape index (κ1) is 11.4. The van der Waals surface area contributed by atoms with E-state index in [0.717, 1.165) is 12.1 Å². The SMILES string of the molecule is CCCCN(C1CCCC1)C1CCCC1. The molecule has 2 aliphatic carbocycles. The van der Waals surface area contributed by atoms with Gasteiger partial charge in [0.25, 0.3) is 0 Å². The summed E-state index contributed by atoms with van der Waals surface area (Å²) in [6, 6.07) is 1.92. The molecule has 15 heavy (non-hydrogen) atoms. The van der Waals surface area contributed by atoms with Crippen molar-refractivity contribution >= 4 is 0 Å². The minimum Gasteiger partial charge on any atom is -0.297 e. The van der Waals surface area contributed by atoms with Crippen LogP contribution in [0.2, 0.25) is 0 Å². The third kappa shape index (κ3) is 2.96. The van der Waals surface area contributed by atoms with Crippen LogP contribution in [0.3, 0.4) is 0 Å². The van der Waals surface area contributed by atoms with Gasteiger partial charge in [-0.15, -0.1) is 0 Å². The molecule has 0 spiro atoms. The molecule has 0 aromatic carbocycles. The van der Waals surface area contributed by atoms with E-state index in [-0.39, 0.29) is 0 Å². The van der Waals surface area contributed by atoms with Gasteiger partial charge in [0.1, 0.15) is 0 Å². The summed E-state index contributed by atoms with van der Waals surface area (Å²) in [5.41, 5.74) is 0. The highest BCUT2D eigenvalue weighted by molar-refractivity contribution is 4.85. The van der Waals surface area contributed by atoms with Crippen LogP contribution in [0.25, 0.3) is 0 Å². The van der Waals surface area contributed by atoms with Gasteiger partial charge in [0.2, 0.25) is 0 Å². The number of hydrogen-bond donors (Lipinski definition) is 0. The highest BCUT2D eigenvalue weighted by atomic mass is 15.2. The number of unbranched alkanes of at least 4 members (excludes halogenated alkanes) is 1. The van der Waals surface area contributed by atoms with E-state index in [2.05, 4.69) is 11.8 Å². The molecular formula is C14H27N. The van der Waals surface area contributed by atoms with Gasteiger partial charge in [-0.25, -0.2) is 0 Å². The monoisotopic (exact) mass is 209 g/mol. The quantitative estimate of drug-likeness (QED) is 0.662. The predicted molar refractivity (Wildman–Crippen MR) is 66.1 cm³/mol. The molecule has 0 amide bonds. The molecule has 1 heteroatoms. The molecule has 0 aromatic heterocycles. The van der Waals surface area contributed by atoms with E-state index in [1.807, 2.05) is 0 Å². The maximum absolute atomic E-state index is 2.89. The lowest BCUT2D eigenvalue weighted by Gasteiger charge is -2.34. The number of hydrogen-bond acceptors (Lipinski definition) is 1. The second kappa shape index (κ2) is 5.89. The van der Waals surface area contributed by atoms with Crippen LogP contribution in [0.4, 0.5) is 0 Å². The predicted octanol–water partition coefficient (Wildman–Crippen LogP) is 3.97. The molecule has 0 aliphatic heterocycles. The van der Waals surface area contributed by atoms with Crippen LogP contribution in [0, 0.1) is 0 Å². The van der Waals surface area contributed by atoms with Crippen molar-refractivity contribution in [3.05, 3.63) is 0 Å². The van der Waals surface area contributed by atoms with E-state index >= 15 is 0 Å². The molecule has 0 atom stereocenters. The zero-order chi connectivity index (χ0) is 10.5. The highest BCUT2D eigenvalue weighted by Gasteiger charge is 2.29. The Bertz CT molecular complexity index is 150. The Balaban J connectivity index is 1.88. The topological polar surface area (TPSA) is 3.24 Å². The van der Waals surface area contributed by atoms with Gasteiger partial charge in [-0.3, -0.25) is 4.90 Å². The van der Waals surface area contributed by atoms with Crippen molar-refractivity contribution in [2.75, 3.05) is 6.54 Å². The average molecular weight is 209 g/mol. The van der Waals surface area contributed by atoms with Crippen LogP contribution in [-0.4, -0.2) is 23.5 Å². The summed E-state index contributed by atoms with van der Waals surface area (Å²) in [4.78, 5) is 2.89. The second-order valence-electron chi connectivity index (χ2n) is 5.47. The average Bonchev–Trinajstić information content (AvgIpc) is 2.90. The lowest BCUT2D eigenvalue weighted by molar-refractivity contribution is 0.135. The zero-order valence-electron chi connectivity index (χ0n) is 10.4.